The van der Waals surface area contributed by atoms with Crippen LogP contribution in [-0.4, -0.2) is 10.7 Å². The molecule has 0 N–H and O–H groups in total. The average Bonchev–Trinajstić information content (AvgIpc) is 2.39. The highest BCUT2D eigenvalue weighted by atomic mass is 19.1. The first kappa shape index (κ1) is 11.1. The number of hydrogen-bond acceptors (Lipinski definition) is 2. The second-order valence-corrected chi connectivity index (χ2v) is 4.59. The van der Waals surface area contributed by atoms with Gasteiger partial charge in [0.25, 0.3) is 0 Å². The molecule has 1 aliphatic heterocycles. The van der Waals surface area contributed by atoms with E-state index in [1.165, 1.54) is 12.1 Å². The zero-order valence-electron chi connectivity index (χ0n) is 10.1. The SMILES string of the molecule is CC1Cc2ccc(F)cc2N=C1c1ccccn1. The number of aromatic nitrogens is 1. The Morgan fingerprint density at radius 1 is 1.22 bits per heavy atom. The predicted octanol–water partition coefficient (Wildman–Crippen LogP) is 3.53. The Labute approximate surface area is 105 Å². The molecule has 0 fully saturated rings. The van der Waals surface area contributed by atoms with Crippen LogP contribution in [-0.2, 0) is 6.42 Å². The Balaban J connectivity index is 2.10. The molecule has 3 rings (SSSR count). The molecule has 1 aliphatic rings. The topological polar surface area (TPSA) is 25.2 Å². The fraction of sp³-hybridized carbons (Fsp3) is 0.200. The standard InChI is InChI=1S/C15H13FN2/c1-10-8-11-5-6-12(16)9-14(11)18-15(10)13-4-2-3-7-17-13/h2-7,9-10H,8H2,1H3. The lowest BCUT2D eigenvalue weighted by Crippen LogP contribution is -2.19. The summed E-state index contributed by atoms with van der Waals surface area (Å²) >= 11 is 0. The van der Waals surface area contributed by atoms with Crippen LogP contribution in [0.25, 0.3) is 0 Å². The van der Waals surface area contributed by atoms with Gasteiger partial charge in [-0.3, -0.25) is 9.98 Å². The van der Waals surface area contributed by atoms with Gasteiger partial charge in [0.1, 0.15) is 5.82 Å². The van der Waals surface area contributed by atoms with E-state index in [0.717, 1.165) is 29.1 Å². The van der Waals surface area contributed by atoms with Crippen molar-refractivity contribution in [2.24, 2.45) is 10.9 Å². The lowest BCUT2D eigenvalue weighted by molar-refractivity contribution is 0.625. The lowest BCUT2D eigenvalue weighted by atomic mass is 9.90. The fourth-order valence-corrected chi connectivity index (χ4v) is 2.30. The molecule has 0 radical (unpaired) electrons. The molecule has 0 amide bonds. The minimum absolute atomic E-state index is 0.243. The van der Waals surface area contributed by atoms with Crippen molar-refractivity contribution in [3.05, 3.63) is 59.7 Å². The van der Waals surface area contributed by atoms with Gasteiger partial charge in [0, 0.05) is 12.1 Å². The van der Waals surface area contributed by atoms with Crippen molar-refractivity contribution >= 4 is 11.4 Å². The maximum Gasteiger partial charge on any atom is 0.125 e. The van der Waals surface area contributed by atoms with Gasteiger partial charge in [-0.2, -0.15) is 0 Å². The Morgan fingerprint density at radius 2 is 2.11 bits per heavy atom. The lowest BCUT2D eigenvalue weighted by Gasteiger charge is -2.21. The molecule has 0 saturated heterocycles. The third kappa shape index (κ3) is 1.92. The van der Waals surface area contributed by atoms with E-state index in [9.17, 15) is 4.39 Å². The van der Waals surface area contributed by atoms with E-state index in [1.54, 1.807) is 6.20 Å². The number of rotatable bonds is 1. The van der Waals surface area contributed by atoms with Crippen LogP contribution in [0.15, 0.2) is 47.6 Å². The quantitative estimate of drug-likeness (QED) is 0.748. The number of fused-ring (bicyclic) bond motifs is 1. The summed E-state index contributed by atoms with van der Waals surface area (Å²) in [6, 6.07) is 10.6. The van der Waals surface area contributed by atoms with E-state index in [-0.39, 0.29) is 5.82 Å². The number of aliphatic imine (C=N–C) groups is 1. The largest absolute Gasteiger partial charge is 0.255 e. The Hall–Kier alpha value is -2.03. The van der Waals surface area contributed by atoms with Crippen LogP contribution < -0.4 is 0 Å². The fourth-order valence-electron chi connectivity index (χ4n) is 2.30. The molecule has 3 heteroatoms. The summed E-state index contributed by atoms with van der Waals surface area (Å²) in [6.45, 7) is 2.12. The molecule has 90 valence electrons. The third-order valence-corrected chi connectivity index (χ3v) is 3.21. The van der Waals surface area contributed by atoms with E-state index < -0.39 is 0 Å². The highest BCUT2D eigenvalue weighted by Crippen LogP contribution is 2.30. The second kappa shape index (κ2) is 4.33. The molecule has 18 heavy (non-hydrogen) atoms. The molecule has 0 bridgehead atoms. The van der Waals surface area contributed by atoms with Crippen LogP contribution in [0.3, 0.4) is 0 Å². The summed E-state index contributed by atoms with van der Waals surface area (Å²) in [5, 5.41) is 0. The van der Waals surface area contributed by atoms with Crippen LogP contribution in [0.4, 0.5) is 10.1 Å². The zero-order valence-corrected chi connectivity index (χ0v) is 10.1. The van der Waals surface area contributed by atoms with Gasteiger partial charge < -0.3 is 0 Å². The van der Waals surface area contributed by atoms with Crippen molar-refractivity contribution < 1.29 is 4.39 Å². The smallest absolute Gasteiger partial charge is 0.125 e. The van der Waals surface area contributed by atoms with E-state index >= 15 is 0 Å². The molecular weight excluding hydrogens is 227 g/mol. The van der Waals surface area contributed by atoms with Gasteiger partial charge in [-0.15, -0.1) is 0 Å². The predicted molar refractivity (Wildman–Crippen MR) is 69.7 cm³/mol. The molecule has 0 aliphatic carbocycles. The highest BCUT2D eigenvalue weighted by molar-refractivity contribution is 6.03. The van der Waals surface area contributed by atoms with Crippen LogP contribution in [0.2, 0.25) is 0 Å². The number of pyridine rings is 1. The van der Waals surface area contributed by atoms with E-state index in [1.807, 2.05) is 24.3 Å². The number of nitrogens with zero attached hydrogens (tertiary/aromatic N) is 2. The van der Waals surface area contributed by atoms with Gasteiger partial charge in [-0.1, -0.05) is 19.1 Å². The van der Waals surface area contributed by atoms with Gasteiger partial charge >= 0.3 is 0 Å². The Morgan fingerprint density at radius 3 is 2.89 bits per heavy atom. The van der Waals surface area contributed by atoms with Crippen molar-refractivity contribution in [1.29, 1.82) is 0 Å². The van der Waals surface area contributed by atoms with Crippen molar-refractivity contribution in [1.82, 2.24) is 4.98 Å². The molecule has 1 aromatic carbocycles. The average molecular weight is 240 g/mol. The number of hydrogen-bond donors (Lipinski definition) is 0. The highest BCUT2D eigenvalue weighted by Gasteiger charge is 2.21. The summed E-state index contributed by atoms with van der Waals surface area (Å²) in [6.07, 6.45) is 2.64. The van der Waals surface area contributed by atoms with Gasteiger partial charge in [-0.05, 0) is 36.2 Å². The van der Waals surface area contributed by atoms with Crippen LogP contribution in [0, 0.1) is 11.7 Å². The summed E-state index contributed by atoms with van der Waals surface area (Å²) < 4.78 is 13.2. The first-order chi connectivity index (χ1) is 8.74. The van der Waals surface area contributed by atoms with E-state index in [0.29, 0.717) is 5.92 Å². The monoisotopic (exact) mass is 240 g/mol. The second-order valence-electron chi connectivity index (χ2n) is 4.59. The first-order valence-electron chi connectivity index (χ1n) is 6.02. The molecule has 0 saturated carbocycles. The molecule has 2 aromatic rings. The van der Waals surface area contributed by atoms with Gasteiger partial charge in [0.2, 0.25) is 0 Å². The maximum absolute atomic E-state index is 13.2. The van der Waals surface area contributed by atoms with Crippen molar-refractivity contribution in [2.75, 3.05) is 0 Å². The number of halogens is 1. The third-order valence-electron chi connectivity index (χ3n) is 3.21. The minimum atomic E-state index is -0.243. The first-order valence-corrected chi connectivity index (χ1v) is 6.02. The van der Waals surface area contributed by atoms with Crippen molar-refractivity contribution in [3.8, 4) is 0 Å². The van der Waals surface area contributed by atoms with E-state index in [4.69, 9.17) is 0 Å². The summed E-state index contributed by atoms with van der Waals surface area (Å²) in [5.41, 5.74) is 3.64. The number of benzene rings is 1. The van der Waals surface area contributed by atoms with E-state index in [2.05, 4.69) is 16.9 Å². The maximum atomic E-state index is 13.2. The summed E-state index contributed by atoms with van der Waals surface area (Å²) in [7, 11) is 0. The molecule has 2 nitrogen and oxygen atoms in total. The zero-order chi connectivity index (χ0) is 12.5. The molecular formula is C15H13FN2. The normalized spacial score (nSPS) is 18.1. The molecule has 1 atom stereocenters. The Bertz CT molecular complexity index is 605. The van der Waals surface area contributed by atoms with Gasteiger partial charge in [0.05, 0.1) is 17.1 Å². The van der Waals surface area contributed by atoms with Gasteiger partial charge in [0.15, 0.2) is 0 Å². The summed E-state index contributed by atoms with van der Waals surface area (Å²) in [4.78, 5) is 8.90. The molecule has 0 spiro atoms. The van der Waals surface area contributed by atoms with Crippen LogP contribution in [0.1, 0.15) is 18.2 Å². The minimum Gasteiger partial charge on any atom is -0.255 e. The Kier molecular flexibility index (Phi) is 2.67. The van der Waals surface area contributed by atoms with Crippen molar-refractivity contribution in [3.63, 3.8) is 0 Å². The molecule has 2 heterocycles. The van der Waals surface area contributed by atoms with Crippen LogP contribution in [0.5, 0.6) is 0 Å². The van der Waals surface area contributed by atoms with Crippen LogP contribution >= 0.6 is 0 Å². The molecule has 1 aromatic heterocycles. The van der Waals surface area contributed by atoms with Gasteiger partial charge in [-0.25, -0.2) is 4.39 Å². The summed E-state index contributed by atoms with van der Waals surface area (Å²) in [5.74, 6) is 0.0604. The van der Waals surface area contributed by atoms with Crippen molar-refractivity contribution in [2.45, 2.75) is 13.3 Å². The molecule has 1 unspecified atom stereocenters.